The fourth-order valence-corrected chi connectivity index (χ4v) is 4.79. The van der Waals surface area contributed by atoms with Crippen molar-refractivity contribution in [3.8, 4) is 0 Å². The average molecular weight is 441 g/mol. The number of benzene rings is 1. The number of alkyl halides is 1. The molecule has 160 valence electrons. The standard InChI is InChI=1S/C22H22F2N6S/c1-14-25-22(31-28-14)29-11-8-15(9-12-29)13-19-26-21-18(3-2-10-30(21)27-19)20(24)16-4-6-17(23)7-5-16/h2-7,10,15,20H,8-9,11-13H2,1H3. The molecule has 4 heterocycles. The summed E-state index contributed by atoms with van der Waals surface area (Å²) in [5, 5.41) is 5.57. The molecule has 1 aromatic carbocycles. The van der Waals surface area contributed by atoms with E-state index >= 15 is 4.39 Å². The summed E-state index contributed by atoms with van der Waals surface area (Å²) in [5.41, 5.74) is 1.35. The molecule has 1 aliphatic heterocycles. The van der Waals surface area contributed by atoms with Gasteiger partial charge in [-0.15, -0.1) is 0 Å². The fourth-order valence-electron chi connectivity index (χ4n) is 4.07. The molecule has 0 aliphatic carbocycles. The number of piperidine rings is 1. The number of rotatable bonds is 5. The number of hydrogen-bond donors (Lipinski definition) is 0. The molecule has 1 aliphatic rings. The smallest absolute Gasteiger partial charge is 0.205 e. The van der Waals surface area contributed by atoms with Crippen LogP contribution in [-0.4, -0.2) is 37.0 Å². The molecule has 4 aromatic rings. The molecule has 0 amide bonds. The number of aromatic nitrogens is 5. The molecule has 6 nitrogen and oxygen atoms in total. The van der Waals surface area contributed by atoms with Gasteiger partial charge in [-0.1, -0.05) is 18.2 Å². The van der Waals surface area contributed by atoms with E-state index in [-0.39, 0.29) is 5.82 Å². The third-order valence-corrected chi connectivity index (χ3v) is 6.61. The number of aryl methyl sites for hydroxylation is 1. The van der Waals surface area contributed by atoms with E-state index in [0.717, 1.165) is 49.1 Å². The summed E-state index contributed by atoms with van der Waals surface area (Å²) >= 11 is 1.45. The summed E-state index contributed by atoms with van der Waals surface area (Å²) in [6, 6.07) is 8.95. The summed E-state index contributed by atoms with van der Waals surface area (Å²) < 4.78 is 34.3. The van der Waals surface area contributed by atoms with Gasteiger partial charge in [0.2, 0.25) is 5.13 Å². The van der Waals surface area contributed by atoms with Gasteiger partial charge in [0.1, 0.15) is 11.6 Å². The van der Waals surface area contributed by atoms with Crippen LogP contribution < -0.4 is 4.90 Å². The SMILES string of the molecule is Cc1nsc(N2CCC(Cc3nc4c(C(F)c5ccc(F)cc5)cccn4n3)CC2)n1. The molecule has 31 heavy (non-hydrogen) atoms. The first-order chi connectivity index (χ1) is 15.1. The molecule has 0 N–H and O–H groups in total. The quantitative estimate of drug-likeness (QED) is 0.456. The minimum absolute atomic E-state index is 0.383. The highest BCUT2D eigenvalue weighted by Crippen LogP contribution is 2.30. The van der Waals surface area contributed by atoms with Crippen LogP contribution >= 0.6 is 11.5 Å². The monoisotopic (exact) mass is 440 g/mol. The Bertz CT molecular complexity index is 1180. The molecule has 0 spiro atoms. The first kappa shape index (κ1) is 20.0. The lowest BCUT2D eigenvalue weighted by Gasteiger charge is -2.30. The number of halogens is 2. The highest BCUT2D eigenvalue weighted by molar-refractivity contribution is 7.09. The highest BCUT2D eigenvalue weighted by Gasteiger charge is 2.24. The molecule has 0 bridgehead atoms. The molecule has 1 atom stereocenters. The number of nitrogens with zero attached hydrogens (tertiary/aromatic N) is 6. The van der Waals surface area contributed by atoms with Crippen LogP contribution in [0.5, 0.6) is 0 Å². The maximum Gasteiger partial charge on any atom is 0.205 e. The second-order valence-electron chi connectivity index (χ2n) is 7.93. The lowest BCUT2D eigenvalue weighted by molar-refractivity contribution is 0.396. The Morgan fingerprint density at radius 3 is 2.61 bits per heavy atom. The zero-order chi connectivity index (χ0) is 21.4. The van der Waals surface area contributed by atoms with Crippen LogP contribution in [0.3, 0.4) is 0 Å². The molecule has 5 rings (SSSR count). The summed E-state index contributed by atoms with van der Waals surface area (Å²) in [5.74, 6) is 1.64. The van der Waals surface area contributed by atoms with Crippen LogP contribution in [0.15, 0.2) is 42.6 Å². The Hall–Kier alpha value is -2.94. The van der Waals surface area contributed by atoms with Crippen LogP contribution in [0, 0.1) is 18.7 Å². The third-order valence-electron chi connectivity index (χ3n) is 5.75. The van der Waals surface area contributed by atoms with Crippen molar-refractivity contribution in [2.24, 2.45) is 5.92 Å². The Morgan fingerprint density at radius 1 is 1.13 bits per heavy atom. The Labute approximate surface area is 182 Å². The van der Waals surface area contributed by atoms with E-state index in [9.17, 15) is 4.39 Å². The molecule has 9 heteroatoms. The normalized spacial score (nSPS) is 16.2. The molecular weight excluding hydrogens is 418 g/mol. The van der Waals surface area contributed by atoms with E-state index < -0.39 is 6.17 Å². The lowest BCUT2D eigenvalue weighted by atomic mass is 9.93. The van der Waals surface area contributed by atoms with E-state index in [1.54, 1.807) is 22.8 Å². The number of anilines is 1. The van der Waals surface area contributed by atoms with Crippen LogP contribution in [0.25, 0.3) is 5.65 Å². The topological polar surface area (TPSA) is 59.2 Å². The summed E-state index contributed by atoms with van der Waals surface area (Å²) in [4.78, 5) is 11.4. The van der Waals surface area contributed by atoms with E-state index in [4.69, 9.17) is 0 Å². The molecule has 0 radical (unpaired) electrons. The lowest BCUT2D eigenvalue weighted by Crippen LogP contribution is -2.34. The van der Waals surface area contributed by atoms with Gasteiger partial charge in [-0.3, -0.25) is 0 Å². The largest absolute Gasteiger partial charge is 0.347 e. The van der Waals surface area contributed by atoms with Gasteiger partial charge in [-0.05, 0) is 49.4 Å². The average Bonchev–Trinajstić information content (AvgIpc) is 3.40. The van der Waals surface area contributed by atoms with Gasteiger partial charge in [0.25, 0.3) is 0 Å². The van der Waals surface area contributed by atoms with Crippen molar-refractivity contribution in [1.82, 2.24) is 24.0 Å². The fraction of sp³-hybridized carbons (Fsp3) is 0.364. The van der Waals surface area contributed by atoms with Crippen molar-refractivity contribution >= 4 is 22.3 Å². The maximum atomic E-state index is 15.2. The first-order valence-electron chi connectivity index (χ1n) is 10.4. The second kappa shape index (κ2) is 8.30. The Morgan fingerprint density at radius 2 is 1.90 bits per heavy atom. The van der Waals surface area contributed by atoms with Gasteiger partial charge in [0, 0.05) is 42.8 Å². The second-order valence-corrected chi connectivity index (χ2v) is 8.66. The molecular formula is C22H22F2N6S. The summed E-state index contributed by atoms with van der Waals surface area (Å²) in [6.45, 7) is 3.79. The molecule has 1 fully saturated rings. The van der Waals surface area contributed by atoms with Crippen LogP contribution in [-0.2, 0) is 6.42 Å². The number of hydrogen-bond acceptors (Lipinski definition) is 6. The van der Waals surface area contributed by atoms with Crippen molar-refractivity contribution in [2.75, 3.05) is 18.0 Å². The van der Waals surface area contributed by atoms with Crippen LogP contribution in [0.2, 0.25) is 0 Å². The van der Waals surface area contributed by atoms with Crippen molar-refractivity contribution in [1.29, 1.82) is 0 Å². The molecule has 1 unspecified atom stereocenters. The van der Waals surface area contributed by atoms with Gasteiger partial charge in [-0.2, -0.15) is 9.47 Å². The van der Waals surface area contributed by atoms with E-state index in [0.29, 0.717) is 22.7 Å². The molecule has 1 saturated heterocycles. The van der Waals surface area contributed by atoms with Crippen LogP contribution in [0.1, 0.15) is 41.8 Å². The summed E-state index contributed by atoms with van der Waals surface area (Å²) in [7, 11) is 0. The van der Waals surface area contributed by atoms with Crippen molar-refractivity contribution < 1.29 is 8.78 Å². The van der Waals surface area contributed by atoms with Gasteiger partial charge in [0.15, 0.2) is 17.6 Å². The third kappa shape index (κ3) is 4.14. The molecule has 3 aromatic heterocycles. The maximum absolute atomic E-state index is 15.2. The van der Waals surface area contributed by atoms with Crippen molar-refractivity contribution in [3.63, 3.8) is 0 Å². The minimum atomic E-state index is -1.39. The number of fused-ring (bicyclic) bond motifs is 1. The van der Waals surface area contributed by atoms with Gasteiger partial charge in [-0.25, -0.2) is 23.3 Å². The van der Waals surface area contributed by atoms with Crippen molar-refractivity contribution in [2.45, 2.75) is 32.4 Å². The predicted molar refractivity (Wildman–Crippen MR) is 116 cm³/mol. The minimum Gasteiger partial charge on any atom is -0.347 e. The predicted octanol–water partition coefficient (Wildman–Crippen LogP) is 4.55. The summed E-state index contributed by atoms with van der Waals surface area (Å²) in [6.07, 6.45) is 3.22. The first-order valence-corrected chi connectivity index (χ1v) is 11.1. The van der Waals surface area contributed by atoms with Gasteiger partial charge < -0.3 is 4.90 Å². The zero-order valence-electron chi connectivity index (χ0n) is 17.1. The highest BCUT2D eigenvalue weighted by atomic mass is 32.1. The number of pyridine rings is 1. The van der Waals surface area contributed by atoms with E-state index in [1.165, 1.54) is 35.8 Å². The van der Waals surface area contributed by atoms with Gasteiger partial charge >= 0.3 is 0 Å². The van der Waals surface area contributed by atoms with Crippen molar-refractivity contribution in [3.05, 3.63) is 71.2 Å². The van der Waals surface area contributed by atoms with Gasteiger partial charge in [0.05, 0.1) is 0 Å². The molecule has 0 saturated carbocycles. The Balaban J connectivity index is 1.30. The van der Waals surface area contributed by atoms with E-state index in [1.807, 2.05) is 6.92 Å². The zero-order valence-corrected chi connectivity index (χ0v) is 17.9. The van der Waals surface area contributed by atoms with Crippen LogP contribution in [0.4, 0.5) is 13.9 Å². The Kier molecular flexibility index (Phi) is 5.35. The van der Waals surface area contributed by atoms with E-state index in [2.05, 4.69) is 24.3 Å².